The lowest BCUT2D eigenvalue weighted by atomic mass is 9.71. The van der Waals surface area contributed by atoms with Gasteiger partial charge in [-0.25, -0.2) is 15.0 Å². The number of hydrogen-bond acceptors (Lipinski definition) is 9. The molecule has 10 heteroatoms. The predicted octanol–water partition coefficient (Wildman–Crippen LogP) is 2.35. The van der Waals surface area contributed by atoms with Gasteiger partial charge in [0.15, 0.2) is 0 Å². The van der Waals surface area contributed by atoms with Gasteiger partial charge in [-0.3, -0.25) is 10.2 Å². The number of aromatic nitrogens is 3. The number of carbonyl (C=O) groups is 1. The number of ether oxygens (including phenoxy) is 1. The highest BCUT2D eigenvalue weighted by atomic mass is 16.5. The number of amides is 1. The zero-order valence-electron chi connectivity index (χ0n) is 21.0. The Morgan fingerprint density at radius 1 is 1.17 bits per heavy atom. The van der Waals surface area contributed by atoms with E-state index in [0.29, 0.717) is 23.7 Å². The Balaban J connectivity index is 1.47. The lowest BCUT2D eigenvalue weighted by molar-refractivity contribution is -0.147. The first kappa shape index (κ1) is 24.6. The van der Waals surface area contributed by atoms with Crippen LogP contribution in [0.3, 0.4) is 0 Å². The van der Waals surface area contributed by atoms with Crippen LogP contribution >= 0.6 is 0 Å². The number of carbonyl (C=O) groups excluding carboxylic acids is 1. The van der Waals surface area contributed by atoms with Crippen molar-refractivity contribution < 1.29 is 9.53 Å². The molecule has 0 atom stereocenters. The van der Waals surface area contributed by atoms with Crippen molar-refractivity contribution >= 4 is 23.3 Å². The molecule has 1 amide bonds. The molecule has 2 aromatic heterocycles. The average Bonchev–Trinajstić information content (AvgIpc) is 2.86. The van der Waals surface area contributed by atoms with Crippen molar-refractivity contribution in [3.63, 3.8) is 0 Å². The zero-order chi connectivity index (χ0) is 25.0. The number of methoxy groups -OCH3 is 1. The monoisotopic (exact) mass is 478 g/mol. The molecule has 2 N–H and O–H groups in total. The zero-order valence-corrected chi connectivity index (χ0v) is 21.0. The van der Waals surface area contributed by atoms with E-state index in [4.69, 9.17) is 10.1 Å². The Bertz CT molecular complexity index is 1100. The summed E-state index contributed by atoms with van der Waals surface area (Å²) in [4.78, 5) is 31.1. The van der Waals surface area contributed by atoms with Crippen LogP contribution in [0.25, 0.3) is 0 Å². The second kappa shape index (κ2) is 10.4. The van der Waals surface area contributed by atoms with Crippen LogP contribution in [-0.2, 0) is 4.79 Å². The molecule has 0 bridgehead atoms. The Hall–Kier alpha value is -3.56. The van der Waals surface area contributed by atoms with Crippen LogP contribution in [0.2, 0.25) is 0 Å². The second-order valence-electron chi connectivity index (χ2n) is 9.29. The van der Waals surface area contributed by atoms with Crippen LogP contribution in [-0.4, -0.2) is 77.5 Å². The highest BCUT2D eigenvalue weighted by Gasteiger charge is 2.46. The fourth-order valence-electron chi connectivity index (χ4n) is 5.08. The smallest absolute Gasteiger partial charge is 0.229 e. The summed E-state index contributed by atoms with van der Waals surface area (Å²) in [7, 11) is 3.24. The number of likely N-dealkylation sites (tertiary alicyclic amines) is 1. The molecule has 35 heavy (non-hydrogen) atoms. The summed E-state index contributed by atoms with van der Waals surface area (Å²) in [6.07, 6.45) is 4.98. The van der Waals surface area contributed by atoms with E-state index < -0.39 is 0 Å². The molecule has 0 aromatic carbocycles. The molecule has 10 nitrogen and oxygen atoms in total. The quantitative estimate of drug-likeness (QED) is 0.463. The molecular formula is C25H34N8O2. The number of piperidine rings is 2. The lowest BCUT2D eigenvalue weighted by Gasteiger charge is -2.46. The summed E-state index contributed by atoms with van der Waals surface area (Å²) in [5, 5.41) is 13.1. The molecule has 1 spiro atoms. The highest BCUT2D eigenvalue weighted by Crippen LogP contribution is 2.41. The van der Waals surface area contributed by atoms with Crippen molar-refractivity contribution in [1.29, 1.82) is 5.41 Å². The van der Waals surface area contributed by atoms with E-state index in [0.717, 1.165) is 56.1 Å². The first-order valence-corrected chi connectivity index (χ1v) is 12.0. The van der Waals surface area contributed by atoms with Gasteiger partial charge in [-0.15, -0.1) is 0 Å². The number of anilines is 1. The van der Waals surface area contributed by atoms with E-state index in [2.05, 4.69) is 30.4 Å². The number of nitrogens with zero attached hydrogens (tertiary/aromatic N) is 6. The van der Waals surface area contributed by atoms with Crippen LogP contribution in [0, 0.1) is 24.7 Å². The molecule has 0 saturated carbocycles. The molecule has 186 valence electrons. The topological polar surface area (TPSA) is 120 Å². The van der Waals surface area contributed by atoms with Crippen molar-refractivity contribution in [1.82, 2.24) is 25.3 Å². The van der Waals surface area contributed by atoms with Gasteiger partial charge in [0, 0.05) is 55.9 Å². The Morgan fingerprint density at radius 2 is 1.89 bits per heavy atom. The first-order valence-electron chi connectivity index (χ1n) is 12.0. The van der Waals surface area contributed by atoms with Crippen molar-refractivity contribution in [3.05, 3.63) is 41.3 Å². The lowest BCUT2D eigenvalue weighted by Crippen LogP contribution is -2.55. The third-order valence-corrected chi connectivity index (χ3v) is 6.91. The van der Waals surface area contributed by atoms with E-state index in [-0.39, 0.29) is 23.6 Å². The van der Waals surface area contributed by atoms with Crippen LogP contribution < -0.4 is 15.1 Å². The molecule has 2 aliphatic rings. The molecule has 2 aromatic rings. The fraction of sp³-hybridized carbons (Fsp3) is 0.520. The Kier molecular flexibility index (Phi) is 7.28. The van der Waals surface area contributed by atoms with Crippen molar-refractivity contribution in [3.8, 4) is 5.88 Å². The Labute approximate surface area is 206 Å². The average molecular weight is 479 g/mol. The molecule has 0 radical (unpaired) electrons. The maximum absolute atomic E-state index is 13.8. The summed E-state index contributed by atoms with van der Waals surface area (Å²) in [5.74, 6) is 1.35. The Morgan fingerprint density at radius 3 is 2.54 bits per heavy atom. The van der Waals surface area contributed by atoms with E-state index in [9.17, 15) is 4.79 Å². The van der Waals surface area contributed by atoms with Crippen molar-refractivity contribution in [2.75, 3.05) is 45.2 Å². The predicted molar refractivity (Wildman–Crippen MR) is 135 cm³/mol. The van der Waals surface area contributed by atoms with Gasteiger partial charge in [-0.05, 0) is 51.7 Å². The van der Waals surface area contributed by atoms with Crippen molar-refractivity contribution in [2.24, 2.45) is 10.5 Å². The van der Waals surface area contributed by atoms with Gasteiger partial charge in [0.2, 0.25) is 17.7 Å². The van der Waals surface area contributed by atoms with Gasteiger partial charge >= 0.3 is 0 Å². The maximum atomic E-state index is 13.8. The van der Waals surface area contributed by atoms with Crippen molar-refractivity contribution in [2.45, 2.75) is 39.5 Å². The number of hydrazone groups is 1. The molecule has 2 aliphatic heterocycles. The summed E-state index contributed by atoms with van der Waals surface area (Å²) in [5.41, 5.74) is 5.73. The molecule has 0 unspecified atom stereocenters. The van der Waals surface area contributed by atoms with E-state index in [1.54, 1.807) is 32.5 Å². The SMILES string of the molecule is CN/N=C(/CN1CCCC2(CCN(c3nc(C)cc(C)n3)CC2)C1=O)C(=N)c1ccnc(OC)c1. The normalized spacial score (nSPS) is 18.1. The minimum Gasteiger partial charge on any atom is -0.481 e. The molecule has 2 fully saturated rings. The number of pyridine rings is 1. The maximum Gasteiger partial charge on any atom is 0.229 e. The highest BCUT2D eigenvalue weighted by molar-refractivity contribution is 6.48. The fourth-order valence-corrected chi connectivity index (χ4v) is 5.08. The van der Waals surface area contributed by atoms with Crippen LogP contribution in [0.4, 0.5) is 5.95 Å². The van der Waals surface area contributed by atoms with Gasteiger partial charge in [0.25, 0.3) is 0 Å². The molecule has 0 aliphatic carbocycles. The summed E-state index contributed by atoms with van der Waals surface area (Å²) < 4.78 is 5.20. The van der Waals surface area contributed by atoms with E-state index >= 15 is 0 Å². The number of aryl methyl sites for hydroxylation is 2. The molecular weight excluding hydrogens is 444 g/mol. The minimum atomic E-state index is -0.375. The standard InChI is InChI=1S/C25H34N8O2/c1-17-14-18(2)30-24(29-17)32-12-8-25(9-13-32)7-5-11-33(23(25)34)16-20(31-27-3)22(26)19-6-10-28-21(15-19)35-4/h6,10,14-15,26-27H,5,7-9,11-13,16H2,1-4H3/b26-22?,31-20-. The summed E-state index contributed by atoms with van der Waals surface area (Å²) >= 11 is 0. The van der Waals surface area contributed by atoms with E-state index in [1.807, 2.05) is 24.8 Å². The van der Waals surface area contributed by atoms with Crippen LogP contribution in [0.5, 0.6) is 5.88 Å². The number of hydrogen-bond donors (Lipinski definition) is 2. The minimum absolute atomic E-state index is 0.161. The van der Waals surface area contributed by atoms with Crippen LogP contribution in [0.15, 0.2) is 29.5 Å². The van der Waals surface area contributed by atoms with Gasteiger partial charge in [0.1, 0.15) is 5.71 Å². The van der Waals surface area contributed by atoms with Gasteiger partial charge in [0.05, 0.1) is 24.8 Å². The third-order valence-electron chi connectivity index (χ3n) is 6.91. The molecule has 2 saturated heterocycles. The first-order chi connectivity index (χ1) is 16.8. The largest absolute Gasteiger partial charge is 0.481 e. The molecule has 4 rings (SSSR count). The van der Waals surface area contributed by atoms with Crippen LogP contribution in [0.1, 0.15) is 42.6 Å². The third kappa shape index (κ3) is 5.26. The second-order valence-corrected chi connectivity index (χ2v) is 9.29. The summed E-state index contributed by atoms with van der Waals surface area (Å²) in [6, 6.07) is 5.43. The number of nitrogens with one attached hydrogen (secondary N) is 2. The molecule has 4 heterocycles. The van der Waals surface area contributed by atoms with Gasteiger partial charge in [-0.1, -0.05) is 0 Å². The summed E-state index contributed by atoms with van der Waals surface area (Å²) in [6.45, 7) is 6.43. The number of rotatable bonds is 7. The van der Waals surface area contributed by atoms with E-state index in [1.165, 1.54) is 0 Å². The van der Waals surface area contributed by atoms with Gasteiger partial charge < -0.3 is 20.0 Å². The van der Waals surface area contributed by atoms with Gasteiger partial charge in [-0.2, -0.15) is 5.10 Å².